The largest absolute Gasteiger partial charge is 0.494 e. The molecule has 0 aromatic heterocycles. The summed E-state index contributed by atoms with van der Waals surface area (Å²) in [4.78, 5) is 0. The van der Waals surface area contributed by atoms with Gasteiger partial charge < -0.3 is 4.74 Å². The molecule has 0 fully saturated rings. The summed E-state index contributed by atoms with van der Waals surface area (Å²) in [5.41, 5.74) is 2.73. The molecule has 0 aliphatic heterocycles. The Balaban J connectivity index is 3.01. The highest BCUT2D eigenvalue weighted by Gasteiger charge is 2.06. The fourth-order valence-corrected chi connectivity index (χ4v) is 1.59. The summed E-state index contributed by atoms with van der Waals surface area (Å²) < 4.78 is 5.48. The van der Waals surface area contributed by atoms with Gasteiger partial charge in [-0.1, -0.05) is 26.8 Å². The minimum absolute atomic E-state index is 0.730. The van der Waals surface area contributed by atoms with Gasteiger partial charge in [0.2, 0.25) is 0 Å². The maximum atomic E-state index is 5.48. The van der Waals surface area contributed by atoms with Crippen LogP contribution in [0, 0.1) is 5.92 Å². The lowest BCUT2D eigenvalue weighted by molar-refractivity contribution is 0.340. The van der Waals surface area contributed by atoms with Crippen LogP contribution in [0.15, 0.2) is 18.2 Å². The summed E-state index contributed by atoms with van der Waals surface area (Å²) >= 11 is 0. The molecule has 0 aliphatic carbocycles. The average molecular weight is 191 g/mol. The molecule has 1 aromatic carbocycles. The van der Waals surface area contributed by atoms with Gasteiger partial charge in [0, 0.05) is 0 Å². The average Bonchev–Trinajstić information content (AvgIpc) is 2.18. The van der Waals surface area contributed by atoms with E-state index < -0.39 is 0 Å². The molecule has 0 aliphatic rings. The summed E-state index contributed by atoms with van der Waals surface area (Å²) in [6.45, 7) is 9.21. The molecule has 0 amide bonds. The van der Waals surface area contributed by atoms with E-state index in [9.17, 15) is 0 Å². The number of hydrogen-bond acceptors (Lipinski definition) is 1. The van der Waals surface area contributed by atoms with Crippen LogP contribution in [0.1, 0.15) is 38.8 Å². The molecule has 0 spiro atoms. The Morgan fingerprint density at radius 2 is 1.93 bits per heavy atom. The molecular weight excluding hydrogens is 172 g/mol. The molecule has 0 N–H and O–H groups in total. The lowest BCUT2D eigenvalue weighted by atomic mass is 9.95. The quantitative estimate of drug-likeness (QED) is 0.706. The summed E-state index contributed by atoms with van der Waals surface area (Å²) in [6.07, 6.45) is 1.08. The van der Waals surface area contributed by atoms with Crippen molar-refractivity contribution in [3.8, 4) is 5.75 Å². The molecule has 1 nitrogen and oxygen atoms in total. The topological polar surface area (TPSA) is 9.23 Å². The summed E-state index contributed by atoms with van der Waals surface area (Å²) in [5, 5.41) is 0. The van der Waals surface area contributed by atoms with Gasteiger partial charge in [0.05, 0.1) is 6.61 Å². The number of benzene rings is 1. The second-order valence-corrected chi connectivity index (χ2v) is 3.61. The van der Waals surface area contributed by atoms with Gasteiger partial charge in [0.15, 0.2) is 0 Å². The smallest absolute Gasteiger partial charge is 0.119 e. The molecule has 0 bridgehead atoms. The minimum Gasteiger partial charge on any atom is -0.494 e. The number of ether oxygens (including phenoxy) is 1. The van der Waals surface area contributed by atoms with Crippen molar-refractivity contribution in [1.29, 1.82) is 0 Å². The van der Waals surface area contributed by atoms with Crippen molar-refractivity contribution in [1.82, 2.24) is 0 Å². The predicted octanol–water partition coefficient (Wildman–Crippen LogP) is 3.61. The van der Waals surface area contributed by atoms with Crippen LogP contribution < -0.4 is 4.74 Å². The molecule has 0 saturated carbocycles. The minimum atomic E-state index is 0.730. The zero-order valence-corrected chi connectivity index (χ0v) is 9.55. The maximum absolute atomic E-state index is 5.48. The third-order valence-electron chi connectivity index (χ3n) is 2.31. The van der Waals surface area contributed by atoms with Crippen LogP contribution in [-0.2, 0) is 6.42 Å². The van der Waals surface area contributed by atoms with Crippen LogP contribution in [0.5, 0.6) is 5.75 Å². The summed E-state index contributed by atoms with van der Waals surface area (Å²) in [5.74, 6) is 2.32. The maximum Gasteiger partial charge on any atom is 0.119 e. The second kappa shape index (κ2) is 5.04. The first-order valence-corrected chi connectivity index (χ1v) is 5.25. The van der Waals surface area contributed by atoms with Gasteiger partial charge in [0.1, 0.15) is 5.75 Å². The Bertz CT molecular complexity index is 289. The SMILES string of the molecule is CCOc1ccc(CC)c([C](C)C)c1. The Morgan fingerprint density at radius 3 is 2.43 bits per heavy atom. The number of aryl methyl sites for hydroxylation is 1. The van der Waals surface area contributed by atoms with Gasteiger partial charge in [-0.05, 0) is 42.5 Å². The van der Waals surface area contributed by atoms with Gasteiger partial charge in [0.25, 0.3) is 0 Å². The van der Waals surface area contributed by atoms with E-state index in [2.05, 4.69) is 39.0 Å². The van der Waals surface area contributed by atoms with Gasteiger partial charge >= 0.3 is 0 Å². The lowest BCUT2D eigenvalue weighted by Crippen LogP contribution is -1.98. The Morgan fingerprint density at radius 1 is 1.21 bits per heavy atom. The molecule has 0 unspecified atom stereocenters. The normalized spacial score (nSPS) is 10.6. The third kappa shape index (κ3) is 2.50. The van der Waals surface area contributed by atoms with Crippen molar-refractivity contribution < 1.29 is 4.74 Å². The fraction of sp³-hybridized carbons (Fsp3) is 0.462. The van der Waals surface area contributed by atoms with E-state index in [1.54, 1.807) is 0 Å². The number of hydrogen-bond donors (Lipinski definition) is 0. The van der Waals surface area contributed by atoms with E-state index in [4.69, 9.17) is 4.74 Å². The summed E-state index contributed by atoms with van der Waals surface area (Å²) in [6, 6.07) is 6.35. The highest BCUT2D eigenvalue weighted by molar-refractivity contribution is 5.42. The van der Waals surface area contributed by atoms with E-state index in [1.165, 1.54) is 17.0 Å². The van der Waals surface area contributed by atoms with Crippen LogP contribution in [0.3, 0.4) is 0 Å². The molecule has 14 heavy (non-hydrogen) atoms. The van der Waals surface area contributed by atoms with E-state index in [0.29, 0.717) is 0 Å². The van der Waals surface area contributed by atoms with E-state index in [1.807, 2.05) is 6.92 Å². The molecular formula is C13H19O. The van der Waals surface area contributed by atoms with Crippen LogP contribution in [0.25, 0.3) is 0 Å². The second-order valence-electron chi connectivity index (χ2n) is 3.61. The molecule has 77 valence electrons. The van der Waals surface area contributed by atoms with Crippen LogP contribution >= 0.6 is 0 Å². The van der Waals surface area contributed by atoms with Crippen molar-refractivity contribution in [2.75, 3.05) is 6.61 Å². The first-order valence-electron chi connectivity index (χ1n) is 5.25. The van der Waals surface area contributed by atoms with Gasteiger partial charge in [-0.25, -0.2) is 0 Å². The van der Waals surface area contributed by atoms with Gasteiger partial charge in [-0.15, -0.1) is 0 Å². The third-order valence-corrected chi connectivity index (χ3v) is 2.31. The van der Waals surface area contributed by atoms with Crippen molar-refractivity contribution in [2.24, 2.45) is 0 Å². The monoisotopic (exact) mass is 191 g/mol. The van der Waals surface area contributed by atoms with Crippen molar-refractivity contribution in [2.45, 2.75) is 34.1 Å². The molecule has 1 radical (unpaired) electrons. The molecule has 0 atom stereocenters. The van der Waals surface area contributed by atoms with E-state index in [0.717, 1.165) is 18.8 Å². The van der Waals surface area contributed by atoms with Gasteiger partial charge in [-0.2, -0.15) is 0 Å². The molecule has 1 aromatic rings. The Hall–Kier alpha value is -0.980. The molecule has 1 heteroatoms. The van der Waals surface area contributed by atoms with Gasteiger partial charge in [-0.3, -0.25) is 0 Å². The van der Waals surface area contributed by atoms with E-state index >= 15 is 0 Å². The van der Waals surface area contributed by atoms with E-state index in [-0.39, 0.29) is 0 Å². The van der Waals surface area contributed by atoms with Crippen molar-refractivity contribution in [3.63, 3.8) is 0 Å². The standard InChI is InChI=1S/C13H19O/c1-5-11-7-8-12(14-6-2)9-13(11)10(3)4/h7-9H,5-6H2,1-4H3. The molecule has 0 heterocycles. The predicted molar refractivity (Wildman–Crippen MR) is 60.7 cm³/mol. The Labute approximate surface area is 87.1 Å². The van der Waals surface area contributed by atoms with Crippen molar-refractivity contribution >= 4 is 0 Å². The molecule has 0 saturated heterocycles. The van der Waals surface area contributed by atoms with Crippen molar-refractivity contribution in [3.05, 3.63) is 35.2 Å². The zero-order valence-electron chi connectivity index (χ0n) is 9.55. The van der Waals surface area contributed by atoms with Crippen LogP contribution in [0.2, 0.25) is 0 Å². The van der Waals surface area contributed by atoms with Crippen LogP contribution in [0.4, 0.5) is 0 Å². The van der Waals surface area contributed by atoms with Crippen LogP contribution in [-0.4, -0.2) is 6.61 Å². The summed E-state index contributed by atoms with van der Waals surface area (Å²) in [7, 11) is 0. The first-order chi connectivity index (χ1) is 6.69. The first kappa shape index (κ1) is 11.1. The highest BCUT2D eigenvalue weighted by Crippen LogP contribution is 2.24. The molecule has 1 rings (SSSR count). The number of rotatable bonds is 4. The highest BCUT2D eigenvalue weighted by atomic mass is 16.5. The lowest BCUT2D eigenvalue weighted by Gasteiger charge is -2.13. The zero-order chi connectivity index (χ0) is 10.6. The Kier molecular flexibility index (Phi) is 3.99. The fourth-order valence-electron chi connectivity index (χ4n) is 1.59.